The third kappa shape index (κ3) is 3.63. The van der Waals surface area contributed by atoms with Crippen LogP contribution in [0.25, 0.3) is 11.3 Å². The van der Waals surface area contributed by atoms with Crippen molar-refractivity contribution in [2.24, 2.45) is 11.7 Å². The molecular weight excluding hydrogens is 289 g/mol. The highest BCUT2D eigenvalue weighted by Crippen LogP contribution is 2.32. The molecule has 3 nitrogen and oxygen atoms in total. The molecule has 1 heterocycles. The normalized spacial score (nSPS) is 17.2. The molecule has 21 heavy (non-hydrogen) atoms. The van der Waals surface area contributed by atoms with Gasteiger partial charge in [-0.25, -0.2) is 9.37 Å². The van der Waals surface area contributed by atoms with Crippen molar-refractivity contribution >= 4 is 12.4 Å². The van der Waals surface area contributed by atoms with Crippen LogP contribution in [0.4, 0.5) is 4.39 Å². The van der Waals surface area contributed by atoms with Crippen molar-refractivity contribution in [2.45, 2.75) is 38.1 Å². The molecule has 1 atom stereocenters. The lowest BCUT2D eigenvalue weighted by molar-refractivity contribution is 0.302. The lowest BCUT2D eigenvalue weighted by atomic mass is 9.84. The first-order valence-corrected chi connectivity index (χ1v) is 7.30. The summed E-state index contributed by atoms with van der Waals surface area (Å²) in [6, 6.07) is 6.47. The van der Waals surface area contributed by atoms with Gasteiger partial charge in [-0.3, -0.25) is 0 Å². The Morgan fingerprint density at radius 2 is 2.00 bits per heavy atom. The van der Waals surface area contributed by atoms with Gasteiger partial charge in [0.1, 0.15) is 11.6 Å². The van der Waals surface area contributed by atoms with E-state index in [0.29, 0.717) is 5.92 Å². The number of hydrogen-bond donors (Lipinski definition) is 2. The monoisotopic (exact) mass is 309 g/mol. The van der Waals surface area contributed by atoms with E-state index in [0.717, 1.165) is 17.1 Å². The average molecular weight is 310 g/mol. The van der Waals surface area contributed by atoms with Crippen LogP contribution < -0.4 is 5.73 Å². The second-order valence-corrected chi connectivity index (χ2v) is 5.62. The third-order valence-electron chi connectivity index (χ3n) is 4.20. The Bertz CT molecular complexity index is 578. The standard InChI is InChI=1S/C16H20FN3.ClH/c17-13-8-4-7-12(9-13)14-10-19-16(20-14)15(18)11-5-2-1-3-6-11;/h4,7-11,15H,1-3,5-6,18H2,(H,19,20);1H/t15-;/m0./s1. The minimum atomic E-state index is -0.241. The summed E-state index contributed by atoms with van der Waals surface area (Å²) in [5.41, 5.74) is 7.95. The predicted molar refractivity (Wildman–Crippen MR) is 84.7 cm³/mol. The molecule has 3 rings (SSSR count). The Balaban J connectivity index is 0.00000161. The summed E-state index contributed by atoms with van der Waals surface area (Å²) in [6.07, 6.45) is 7.93. The maximum Gasteiger partial charge on any atom is 0.123 e. The van der Waals surface area contributed by atoms with Crippen LogP contribution in [-0.4, -0.2) is 9.97 Å². The number of rotatable bonds is 3. The van der Waals surface area contributed by atoms with Gasteiger partial charge in [0.15, 0.2) is 0 Å². The largest absolute Gasteiger partial charge is 0.341 e. The molecule has 0 saturated heterocycles. The number of nitrogens with zero attached hydrogens (tertiary/aromatic N) is 1. The Morgan fingerprint density at radius 1 is 1.24 bits per heavy atom. The number of aromatic amines is 1. The lowest BCUT2D eigenvalue weighted by Gasteiger charge is -2.26. The summed E-state index contributed by atoms with van der Waals surface area (Å²) in [6.45, 7) is 0. The average Bonchev–Trinajstić information content (AvgIpc) is 2.97. The van der Waals surface area contributed by atoms with Crippen molar-refractivity contribution < 1.29 is 4.39 Å². The number of H-pyrrole nitrogens is 1. The fourth-order valence-electron chi connectivity index (χ4n) is 3.03. The van der Waals surface area contributed by atoms with Crippen LogP contribution in [-0.2, 0) is 0 Å². The van der Waals surface area contributed by atoms with Crippen molar-refractivity contribution in [1.82, 2.24) is 9.97 Å². The highest BCUT2D eigenvalue weighted by atomic mass is 35.5. The van der Waals surface area contributed by atoms with Crippen LogP contribution in [0.1, 0.15) is 44.0 Å². The van der Waals surface area contributed by atoms with E-state index in [1.165, 1.54) is 44.2 Å². The molecule has 0 unspecified atom stereocenters. The lowest BCUT2D eigenvalue weighted by Crippen LogP contribution is -2.24. The second-order valence-electron chi connectivity index (χ2n) is 5.62. The molecule has 1 saturated carbocycles. The zero-order chi connectivity index (χ0) is 13.9. The van der Waals surface area contributed by atoms with Gasteiger partial charge in [-0.05, 0) is 30.9 Å². The van der Waals surface area contributed by atoms with Gasteiger partial charge < -0.3 is 10.7 Å². The summed E-state index contributed by atoms with van der Waals surface area (Å²) >= 11 is 0. The maximum atomic E-state index is 13.3. The molecule has 0 amide bonds. The number of nitrogens with two attached hydrogens (primary N) is 1. The minimum absolute atomic E-state index is 0. The molecule has 1 aromatic heterocycles. The summed E-state index contributed by atoms with van der Waals surface area (Å²) in [7, 11) is 0. The van der Waals surface area contributed by atoms with Crippen molar-refractivity contribution in [3.8, 4) is 11.3 Å². The highest BCUT2D eigenvalue weighted by Gasteiger charge is 2.24. The van der Waals surface area contributed by atoms with Crippen LogP contribution in [0.15, 0.2) is 30.5 Å². The highest BCUT2D eigenvalue weighted by molar-refractivity contribution is 5.85. The molecule has 1 fully saturated rings. The Hall–Kier alpha value is -1.39. The van der Waals surface area contributed by atoms with E-state index in [1.54, 1.807) is 12.3 Å². The molecule has 1 aromatic carbocycles. The van der Waals surface area contributed by atoms with E-state index in [4.69, 9.17) is 5.73 Å². The Morgan fingerprint density at radius 3 is 2.71 bits per heavy atom. The first-order valence-electron chi connectivity index (χ1n) is 7.30. The second kappa shape index (κ2) is 7.05. The number of nitrogens with one attached hydrogen (secondary N) is 1. The minimum Gasteiger partial charge on any atom is -0.341 e. The van der Waals surface area contributed by atoms with E-state index >= 15 is 0 Å². The first-order chi connectivity index (χ1) is 9.74. The summed E-state index contributed by atoms with van der Waals surface area (Å²) < 4.78 is 13.3. The molecule has 0 aliphatic heterocycles. The van der Waals surface area contributed by atoms with Crippen LogP contribution in [0.2, 0.25) is 0 Å². The molecule has 3 N–H and O–H groups in total. The molecule has 5 heteroatoms. The van der Waals surface area contributed by atoms with Crippen LogP contribution in [0, 0.1) is 11.7 Å². The van der Waals surface area contributed by atoms with Gasteiger partial charge in [-0.15, -0.1) is 12.4 Å². The van der Waals surface area contributed by atoms with Crippen molar-refractivity contribution in [3.63, 3.8) is 0 Å². The van der Waals surface area contributed by atoms with Crippen LogP contribution in [0.5, 0.6) is 0 Å². The molecule has 0 spiro atoms. The Labute approximate surface area is 130 Å². The number of hydrogen-bond acceptors (Lipinski definition) is 2. The van der Waals surface area contributed by atoms with Crippen LogP contribution >= 0.6 is 12.4 Å². The van der Waals surface area contributed by atoms with Gasteiger partial charge in [0, 0.05) is 5.56 Å². The van der Waals surface area contributed by atoms with Crippen molar-refractivity contribution in [3.05, 3.63) is 42.1 Å². The summed E-state index contributed by atoms with van der Waals surface area (Å²) in [4.78, 5) is 7.65. The number of imidazole rings is 1. The van der Waals surface area contributed by atoms with Gasteiger partial charge >= 0.3 is 0 Å². The van der Waals surface area contributed by atoms with Crippen molar-refractivity contribution in [2.75, 3.05) is 0 Å². The fraction of sp³-hybridized carbons (Fsp3) is 0.438. The quantitative estimate of drug-likeness (QED) is 0.892. The summed E-state index contributed by atoms with van der Waals surface area (Å²) in [5.74, 6) is 1.08. The topological polar surface area (TPSA) is 54.7 Å². The zero-order valence-corrected chi connectivity index (χ0v) is 12.7. The molecular formula is C16H21ClFN3. The van der Waals surface area contributed by atoms with Crippen molar-refractivity contribution in [1.29, 1.82) is 0 Å². The Kier molecular flexibility index (Phi) is 5.37. The number of benzene rings is 1. The fourth-order valence-corrected chi connectivity index (χ4v) is 3.03. The summed E-state index contributed by atoms with van der Waals surface area (Å²) in [5, 5.41) is 0. The van der Waals surface area contributed by atoms with E-state index in [2.05, 4.69) is 9.97 Å². The predicted octanol–water partition coefficient (Wildman–Crippen LogP) is 4.22. The van der Waals surface area contributed by atoms with Gasteiger partial charge in [-0.2, -0.15) is 0 Å². The maximum absolute atomic E-state index is 13.3. The van der Waals surface area contributed by atoms with E-state index in [9.17, 15) is 4.39 Å². The smallest absolute Gasteiger partial charge is 0.123 e. The third-order valence-corrected chi connectivity index (χ3v) is 4.20. The SMILES string of the molecule is Cl.N[C@H](c1ncc(-c2cccc(F)c2)[nH]1)C1CCCCC1. The van der Waals surface area contributed by atoms with E-state index in [1.807, 2.05) is 6.07 Å². The molecule has 1 aliphatic carbocycles. The first kappa shape index (κ1) is 16.0. The molecule has 0 bridgehead atoms. The van der Waals surface area contributed by atoms with E-state index < -0.39 is 0 Å². The molecule has 2 aromatic rings. The molecule has 0 radical (unpaired) electrons. The van der Waals surface area contributed by atoms with Gasteiger partial charge in [0.2, 0.25) is 0 Å². The number of halogens is 2. The van der Waals surface area contributed by atoms with Crippen LogP contribution in [0.3, 0.4) is 0 Å². The molecule has 1 aliphatic rings. The molecule has 114 valence electrons. The number of aromatic nitrogens is 2. The van der Waals surface area contributed by atoms with E-state index in [-0.39, 0.29) is 24.3 Å². The van der Waals surface area contributed by atoms with Gasteiger partial charge in [0.05, 0.1) is 17.9 Å². The van der Waals surface area contributed by atoms with Gasteiger partial charge in [0.25, 0.3) is 0 Å². The van der Waals surface area contributed by atoms with Gasteiger partial charge in [-0.1, -0.05) is 31.4 Å². The zero-order valence-electron chi connectivity index (χ0n) is 11.9.